The van der Waals surface area contributed by atoms with Crippen LogP contribution in [0.1, 0.15) is 51.4 Å². The summed E-state index contributed by atoms with van der Waals surface area (Å²) in [5.74, 6) is 0.306. The third kappa shape index (κ3) is 5.29. The highest BCUT2D eigenvalue weighted by Gasteiger charge is 2.28. The second-order valence-electron chi connectivity index (χ2n) is 8.98. The van der Waals surface area contributed by atoms with E-state index in [1.807, 2.05) is 18.2 Å². The maximum Gasteiger partial charge on any atom is 0.255 e. The molecule has 0 unspecified atom stereocenters. The number of nitrogens with zero attached hydrogens (tertiary/aromatic N) is 1. The number of hydrogen-bond donors (Lipinski definition) is 2. The van der Waals surface area contributed by atoms with Gasteiger partial charge in [0.25, 0.3) is 5.91 Å². The summed E-state index contributed by atoms with van der Waals surface area (Å²) in [6.45, 7) is 5.98. The molecule has 0 saturated carbocycles. The summed E-state index contributed by atoms with van der Waals surface area (Å²) >= 11 is 5.95. The Morgan fingerprint density at radius 2 is 1.82 bits per heavy atom. The number of anilines is 1. The minimum Gasteiger partial charge on any atom is -0.497 e. The van der Waals surface area contributed by atoms with Crippen molar-refractivity contribution in [2.75, 3.05) is 12.4 Å². The zero-order valence-corrected chi connectivity index (χ0v) is 20.3. The van der Waals surface area contributed by atoms with E-state index in [2.05, 4.69) is 29.5 Å². The second-order valence-corrected chi connectivity index (χ2v) is 9.37. The average molecular weight is 476 g/mol. The van der Waals surface area contributed by atoms with Crippen LogP contribution in [0.5, 0.6) is 5.75 Å². The number of carbonyl (C=O) groups excluding carboxylic acids is 2. The topological polar surface area (TPSA) is 80.3 Å². The van der Waals surface area contributed by atoms with Crippen LogP contribution in [0.25, 0.3) is 5.70 Å². The molecule has 0 radical (unpaired) electrons. The SMILES string of the molecule is COc1ccc2c(c1)C(=CC(=O)c1ccc(NC(=O)c3cc(C)nc(Cl)c3)cc1)NC(C)(C)C2. The lowest BCUT2D eigenvalue weighted by Crippen LogP contribution is -2.43. The first kappa shape index (κ1) is 23.5. The zero-order chi connectivity index (χ0) is 24.5. The molecule has 0 atom stereocenters. The van der Waals surface area contributed by atoms with Crippen molar-refractivity contribution in [2.24, 2.45) is 0 Å². The molecule has 174 valence electrons. The van der Waals surface area contributed by atoms with Crippen LogP contribution < -0.4 is 15.4 Å². The van der Waals surface area contributed by atoms with Crippen LogP contribution in [0, 0.1) is 6.92 Å². The van der Waals surface area contributed by atoms with Crippen LogP contribution in [0.3, 0.4) is 0 Å². The van der Waals surface area contributed by atoms with Gasteiger partial charge in [-0.25, -0.2) is 4.98 Å². The summed E-state index contributed by atoms with van der Waals surface area (Å²) in [6, 6.07) is 15.9. The molecule has 0 bridgehead atoms. The molecule has 7 heteroatoms. The Hall–Kier alpha value is -3.64. The van der Waals surface area contributed by atoms with Gasteiger partial charge in [0.1, 0.15) is 10.9 Å². The van der Waals surface area contributed by atoms with Crippen LogP contribution >= 0.6 is 11.6 Å². The number of fused-ring (bicyclic) bond motifs is 1. The molecule has 2 N–H and O–H groups in total. The van der Waals surface area contributed by atoms with Crippen LogP contribution in [-0.2, 0) is 6.42 Å². The molecule has 1 aliphatic heterocycles. The van der Waals surface area contributed by atoms with Crippen LogP contribution in [-0.4, -0.2) is 29.3 Å². The van der Waals surface area contributed by atoms with Gasteiger partial charge in [-0.1, -0.05) is 17.7 Å². The van der Waals surface area contributed by atoms with E-state index in [9.17, 15) is 9.59 Å². The third-order valence-electron chi connectivity index (χ3n) is 5.60. The molecule has 0 aliphatic carbocycles. The molecule has 1 aliphatic rings. The number of aromatic nitrogens is 1. The van der Waals surface area contributed by atoms with E-state index in [0.717, 1.165) is 29.0 Å². The minimum atomic E-state index is -0.298. The number of amides is 1. The Balaban J connectivity index is 1.54. The van der Waals surface area contributed by atoms with E-state index in [0.29, 0.717) is 22.5 Å². The van der Waals surface area contributed by atoms with Crippen molar-refractivity contribution in [1.82, 2.24) is 10.3 Å². The number of rotatable bonds is 5. The number of methoxy groups -OCH3 is 1. The molecule has 34 heavy (non-hydrogen) atoms. The number of benzene rings is 2. The minimum absolute atomic E-state index is 0.136. The van der Waals surface area contributed by atoms with Crippen molar-refractivity contribution >= 4 is 34.7 Å². The fraction of sp³-hybridized carbons (Fsp3) is 0.222. The Morgan fingerprint density at radius 1 is 1.09 bits per heavy atom. The number of nitrogens with one attached hydrogen (secondary N) is 2. The van der Waals surface area contributed by atoms with E-state index in [1.54, 1.807) is 50.4 Å². The first-order valence-electron chi connectivity index (χ1n) is 10.9. The highest BCUT2D eigenvalue weighted by molar-refractivity contribution is 6.29. The van der Waals surface area contributed by atoms with Crippen molar-refractivity contribution in [1.29, 1.82) is 0 Å². The molecule has 0 fully saturated rings. The fourth-order valence-electron chi connectivity index (χ4n) is 4.05. The highest BCUT2D eigenvalue weighted by atomic mass is 35.5. The average Bonchev–Trinajstić information content (AvgIpc) is 2.78. The molecule has 0 saturated heterocycles. The highest BCUT2D eigenvalue weighted by Crippen LogP contribution is 2.32. The third-order valence-corrected chi connectivity index (χ3v) is 5.79. The molecule has 0 spiro atoms. The Kier molecular flexibility index (Phi) is 6.44. The van der Waals surface area contributed by atoms with Crippen LogP contribution in [0.2, 0.25) is 5.15 Å². The zero-order valence-electron chi connectivity index (χ0n) is 19.5. The fourth-order valence-corrected chi connectivity index (χ4v) is 4.30. The quantitative estimate of drug-likeness (QED) is 0.291. The lowest BCUT2D eigenvalue weighted by atomic mass is 9.85. The Bertz CT molecular complexity index is 1280. The number of pyridine rings is 1. The summed E-state index contributed by atoms with van der Waals surface area (Å²) in [4.78, 5) is 29.7. The van der Waals surface area contributed by atoms with Crippen molar-refractivity contribution in [2.45, 2.75) is 32.7 Å². The van der Waals surface area contributed by atoms with Crippen LogP contribution in [0.4, 0.5) is 5.69 Å². The molecule has 2 aromatic carbocycles. The molecule has 6 nitrogen and oxygen atoms in total. The molecular weight excluding hydrogens is 450 g/mol. The van der Waals surface area contributed by atoms with E-state index < -0.39 is 0 Å². The number of aryl methyl sites for hydroxylation is 1. The molecule has 2 heterocycles. The van der Waals surface area contributed by atoms with E-state index >= 15 is 0 Å². The largest absolute Gasteiger partial charge is 0.497 e. The molecule has 3 aromatic rings. The molecule has 4 rings (SSSR count). The van der Waals surface area contributed by atoms with Gasteiger partial charge in [0.15, 0.2) is 5.78 Å². The number of carbonyl (C=O) groups is 2. The van der Waals surface area contributed by atoms with Gasteiger partial charge in [0.2, 0.25) is 0 Å². The molecule has 1 aromatic heterocycles. The van der Waals surface area contributed by atoms with Gasteiger partial charge in [0.05, 0.1) is 7.11 Å². The number of ether oxygens (including phenoxy) is 1. The summed E-state index contributed by atoms with van der Waals surface area (Å²) in [7, 11) is 1.63. The van der Waals surface area contributed by atoms with Crippen molar-refractivity contribution < 1.29 is 14.3 Å². The normalized spacial score (nSPS) is 15.3. The van der Waals surface area contributed by atoms with Gasteiger partial charge in [-0.15, -0.1) is 0 Å². The van der Waals surface area contributed by atoms with Crippen LogP contribution in [0.15, 0.2) is 60.7 Å². The number of ketones is 1. The van der Waals surface area contributed by atoms with Gasteiger partial charge < -0.3 is 15.4 Å². The van der Waals surface area contributed by atoms with E-state index in [-0.39, 0.29) is 22.4 Å². The summed E-state index contributed by atoms with van der Waals surface area (Å²) < 4.78 is 5.37. The Morgan fingerprint density at radius 3 is 2.50 bits per heavy atom. The predicted octanol–water partition coefficient (Wildman–Crippen LogP) is 5.45. The smallest absolute Gasteiger partial charge is 0.255 e. The van der Waals surface area contributed by atoms with Gasteiger partial charge in [-0.2, -0.15) is 0 Å². The van der Waals surface area contributed by atoms with E-state index in [1.165, 1.54) is 6.07 Å². The number of allylic oxidation sites excluding steroid dienone is 1. The van der Waals surface area contributed by atoms with Gasteiger partial charge in [-0.05, 0) is 81.3 Å². The number of halogens is 1. The maximum atomic E-state index is 13.1. The van der Waals surface area contributed by atoms with Gasteiger partial charge >= 0.3 is 0 Å². The van der Waals surface area contributed by atoms with Crippen molar-refractivity contribution in [3.63, 3.8) is 0 Å². The summed E-state index contributed by atoms with van der Waals surface area (Å²) in [5, 5.41) is 6.56. The van der Waals surface area contributed by atoms with Gasteiger partial charge in [-0.3, -0.25) is 9.59 Å². The summed E-state index contributed by atoms with van der Waals surface area (Å²) in [6.07, 6.45) is 2.46. The van der Waals surface area contributed by atoms with E-state index in [4.69, 9.17) is 16.3 Å². The lowest BCUT2D eigenvalue weighted by molar-refractivity contribution is 0.102. The Labute approximate surface area is 204 Å². The summed E-state index contributed by atoms with van der Waals surface area (Å²) in [5.41, 5.74) is 4.87. The van der Waals surface area contributed by atoms with Crippen molar-refractivity contribution in [3.05, 3.63) is 93.8 Å². The first-order chi connectivity index (χ1) is 16.1. The lowest BCUT2D eigenvalue weighted by Gasteiger charge is -2.35. The standard InChI is InChI=1S/C27H26ClN3O3/c1-16-11-19(12-25(28)29-16)26(33)30-20-8-5-17(6-9-20)24(32)14-23-22-13-21(34-4)10-7-18(22)15-27(2,3)31-23/h5-14,31H,15H2,1-4H3,(H,30,33). The number of hydrogen-bond acceptors (Lipinski definition) is 5. The second kappa shape index (κ2) is 9.31. The first-order valence-corrected chi connectivity index (χ1v) is 11.3. The molecular formula is C27H26ClN3O3. The molecule has 1 amide bonds. The van der Waals surface area contributed by atoms with Crippen molar-refractivity contribution in [3.8, 4) is 5.75 Å². The monoisotopic (exact) mass is 475 g/mol. The predicted molar refractivity (Wildman–Crippen MR) is 135 cm³/mol. The maximum absolute atomic E-state index is 13.1. The van der Waals surface area contributed by atoms with Gasteiger partial charge in [0, 0.05) is 45.4 Å².